The maximum absolute atomic E-state index is 11.7. The molecule has 0 aromatic rings. The summed E-state index contributed by atoms with van der Waals surface area (Å²) in [6.45, 7) is 0. The van der Waals surface area contributed by atoms with Crippen LogP contribution in [0.5, 0.6) is 0 Å². The van der Waals surface area contributed by atoms with E-state index < -0.39 is 12.2 Å². The molecule has 0 aliphatic carbocycles. The van der Waals surface area contributed by atoms with E-state index in [9.17, 15) is 13.2 Å². The van der Waals surface area contributed by atoms with Gasteiger partial charge in [0.2, 0.25) is 0 Å². The molecule has 0 aromatic carbocycles. The summed E-state index contributed by atoms with van der Waals surface area (Å²) >= 11 is 0. The van der Waals surface area contributed by atoms with Crippen molar-refractivity contribution in [2.45, 2.75) is 12.2 Å². The highest BCUT2D eigenvalue weighted by atomic mass is 19.4. The molecule has 0 spiro atoms. The number of nitrogens with two attached hydrogens (primary N) is 1. The van der Waals surface area contributed by atoms with Gasteiger partial charge in [0.1, 0.15) is 5.82 Å². The fourth-order valence-corrected chi connectivity index (χ4v) is 0.517. The average molecular weight is 151 g/mol. The van der Waals surface area contributed by atoms with Crippen LogP contribution < -0.4 is 5.73 Å². The number of nitrogens with zero attached hydrogens (tertiary/aromatic N) is 2. The van der Waals surface area contributed by atoms with E-state index in [2.05, 4.69) is 10.2 Å². The van der Waals surface area contributed by atoms with Gasteiger partial charge in [0.25, 0.3) is 0 Å². The largest absolute Gasteiger partial charge is 0.416 e. The summed E-state index contributed by atoms with van der Waals surface area (Å²) in [4.78, 5) is 0. The highest BCUT2D eigenvalue weighted by Crippen LogP contribution is 2.27. The summed E-state index contributed by atoms with van der Waals surface area (Å²) in [5.41, 5.74) is 4.92. The minimum Gasteiger partial charge on any atom is -0.382 e. The predicted molar refractivity (Wildman–Crippen MR) is 27.0 cm³/mol. The van der Waals surface area contributed by atoms with Crippen molar-refractivity contribution >= 4 is 0 Å². The third-order valence-electron chi connectivity index (χ3n) is 0.962. The molecule has 0 amide bonds. The number of hydrogen-bond donors (Lipinski definition) is 1. The third kappa shape index (κ3) is 1.26. The monoisotopic (exact) mass is 151 g/mol. The van der Waals surface area contributed by atoms with Gasteiger partial charge in [-0.3, -0.25) is 0 Å². The molecular formula is C4H4F3N3. The van der Waals surface area contributed by atoms with E-state index in [1.54, 1.807) is 0 Å². The van der Waals surface area contributed by atoms with Crippen LogP contribution in [0.3, 0.4) is 0 Å². The molecule has 0 radical (unpaired) electrons. The zero-order valence-corrected chi connectivity index (χ0v) is 4.76. The van der Waals surface area contributed by atoms with Crippen LogP contribution in [0, 0.1) is 0 Å². The summed E-state index contributed by atoms with van der Waals surface area (Å²) in [5.74, 6) is -0.178. The van der Waals surface area contributed by atoms with Crippen LogP contribution in [0.2, 0.25) is 0 Å². The molecule has 0 saturated heterocycles. The minimum absolute atomic E-state index is 0.178. The van der Waals surface area contributed by atoms with Gasteiger partial charge < -0.3 is 5.73 Å². The second-order valence-electron chi connectivity index (χ2n) is 1.79. The average Bonchev–Trinajstić information content (AvgIpc) is 2.11. The van der Waals surface area contributed by atoms with E-state index in [-0.39, 0.29) is 5.82 Å². The maximum Gasteiger partial charge on any atom is 0.416 e. The first-order valence-corrected chi connectivity index (χ1v) is 2.45. The van der Waals surface area contributed by atoms with Gasteiger partial charge in [-0.2, -0.15) is 18.3 Å². The molecule has 1 aliphatic heterocycles. The number of azo groups is 1. The Morgan fingerprint density at radius 3 is 2.30 bits per heavy atom. The van der Waals surface area contributed by atoms with E-state index in [0.717, 1.165) is 6.08 Å². The van der Waals surface area contributed by atoms with Crippen LogP contribution in [0.15, 0.2) is 22.1 Å². The molecule has 0 saturated carbocycles. The van der Waals surface area contributed by atoms with Crippen molar-refractivity contribution in [1.82, 2.24) is 0 Å². The van der Waals surface area contributed by atoms with E-state index >= 15 is 0 Å². The first-order chi connectivity index (χ1) is 4.50. The number of hydrogen-bond acceptors (Lipinski definition) is 3. The van der Waals surface area contributed by atoms with Crippen molar-refractivity contribution in [3.8, 4) is 0 Å². The first kappa shape index (κ1) is 7.04. The molecule has 56 valence electrons. The standard InChI is InChI=1S/C4H4F3N3/c5-4(6,7)2-1-3(8)10-9-2/h1-2H,8H2/t2-/m1/s1. The van der Waals surface area contributed by atoms with E-state index in [1.165, 1.54) is 0 Å². The van der Waals surface area contributed by atoms with Gasteiger partial charge in [-0.25, -0.2) is 0 Å². The summed E-state index contributed by atoms with van der Waals surface area (Å²) in [5, 5.41) is 5.90. The zero-order chi connectivity index (χ0) is 7.78. The smallest absolute Gasteiger partial charge is 0.382 e. The summed E-state index contributed by atoms with van der Waals surface area (Å²) in [6, 6.07) is -1.84. The fraction of sp³-hybridized carbons (Fsp3) is 0.500. The van der Waals surface area contributed by atoms with Crippen LogP contribution in [0.1, 0.15) is 0 Å². The highest BCUT2D eigenvalue weighted by molar-refractivity contribution is 5.08. The van der Waals surface area contributed by atoms with Gasteiger partial charge in [-0.1, -0.05) is 0 Å². The minimum atomic E-state index is -4.36. The van der Waals surface area contributed by atoms with Crippen LogP contribution in [-0.4, -0.2) is 12.2 Å². The Balaban J connectivity index is 2.72. The molecule has 1 aliphatic rings. The predicted octanol–water partition coefficient (Wildman–Crippen LogP) is 1.18. The lowest BCUT2D eigenvalue weighted by Gasteiger charge is -2.06. The van der Waals surface area contributed by atoms with Gasteiger partial charge >= 0.3 is 6.18 Å². The second kappa shape index (κ2) is 1.96. The normalized spacial score (nSPS) is 25.1. The number of alkyl halides is 3. The quantitative estimate of drug-likeness (QED) is 0.555. The lowest BCUT2D eigenvalue weighted by molar-refractivity contribution is -0.136. The lowest BCUT2D eigenvalue weighted by atomic mass is 10.3. The van der Waals surface area contributed by atoms with Crippen molar-refractivity contribution in [2.24, 2.45) is 16.0 Å². The molecule has 0 fully saturated rings. The lowest BCUT2D eigenvalue weighted by Crippen LogP contribution is -2.23. The number of rotatable bonds is 0. The molecular weight excluding hydrogens is 147 g/mol. The van der Waals surface area contributed by atoms with Crippen LogP contribution in [0.4, 0.5) is 13.2 Å². The van der Waals surface area contributed by atoms with E-state index in [1.807, 2.05) is 0 Å². The zero-order valence-electron chi connectivity index (χ0n) is 4.76. The van der Waals surface area contributed by atoms with E-state index in [4.69, 9.17) is 5.73 Å². The Labute approximate surface area is 54.4 Å². The van der Waals surface area contributed by atoms with Gasteiger partial charge in [0.05, 0.1) is 0 Å². The molecule has 0 aromatic heterocycles. The topological polar surface area (TPSA) is 50.7 Å². The van der Waals surface area contributed by atoms with Gasteiger partial charge in [0, 0.05) is 0 Å². The van der Waals surface area contributed by atoms with Crippen LogP contribution in [0.25, 0.3) is 0 Å². The first-order valence-electron chi connectivity index (χ1n) is 2.45. The Morgan fingerprint density at radius 2 is 2.10 bits per heavy atom. The number of halogens is 3. The SMILES string of the molecule is NC1=C[C@H](C(F)(F)F)N=N1. The molecule has 3 nitrogen and oxygen atoms in total. The summed E-state index contributed by atoms with van der Waals surface area (Å²) < 4.78 is 35.0. The van der Waals surface area contributed by atoms with Crippen LogP contribution in [-0.2, 0) is 0 Å². The van der Waals surface area contributed by atoms with Crippen molar-refractivity contribution < 1.29 is 13.2 Å². The van der Waals surface area contributed by atoms with Gasteiger partial charge in [0.15, 0.2) is 6.04 Å². The summed E-state index contributed by atoms with van der Waals surface area (Å²) in [6.07, 6.45) is -3.59. The van der Waals surface area contributed by atoms with Crippen molar-refractivity contribution in [3.63, 3.8) is 0 Å². The fourth-order valence-electron chi connectivity index (χ4n) is 0.517. The third-order valence-corrected chi connectivity index (χ3v) is 0.962. The molecule has 1 heterocycles. The Morgan fingerprint density at radius 1 is 1.50 bits per heavy atom. The van der Waals surface area contributed by atoms with Crippen molar-refractivity contribution in [3.05, 3.63) is 11.9 Å². The van der Waals surface area contributed by atoms with Gasteiger partial charge in [-0.15, -0.1) is 5.11 Å². The van der Waals surface area contributed by atoms with Crippen molar-refractivity contribution in [2.75, 3.05) is 0 Å². The Hall–Kier alpha value is -1.07. The molecule has 6 heteroatoms. The van der Waals surface area contributed by atoms with Crippen LogP contribution >= 0.6 is 0 Å². The summed E-state index contributed by atoms with van der Waals surface area (Å²) in [7, 11) is 0. The maximum atomic E-state index is 11.7. The molecule has 10 heavy (non-hydrogen) atoms. The molecule has 2 N–H and O–H groups in total. The van der Waals surface area contributed by atoms with Crippen molar-refractivity contribution in [1.29, 1.82) is 0 Å². The Kier molecular flexibility index (Phi) is 1.38. The van der Waals surface area contributed by atoms with Gasteiger partial charge in [-0.05, 0) is 6.08 Å². The highest BCUT2D eigenvalue weighted by Gasteiger charge is 2.40. The molecule has 0 bridgehead atoms. The molecule has 0 unspecified atom stereocenters. The second-order valence-corrected chi connectivity index (χ2v) is 1.79. The Bertz CT molecular complexity index is 192. The molecule has 1 rings (SSSR count). The van der Waals surface area contributed by atoms with E-state index in [0.29, 0.717) is 0 Å². The molecule has 1 atom stereocenters.